The van der Waals surface area contributed by atoms with Gasteiger partial charge in [0.15, 0.2) is 0 Å². The molecule has 1 atom stereocenters. The molecule has 4 nitrogen and oxygen atoms in total. The van der Waals surface area contributed by atoms with Crippen molar-refractivity contribution in [1.29, 1.82) is 0 Å². The molecule has 2 rings (SSSR count). The zero-order valence-corrected chi connectivity index (χ0v) is 9.95. The smallest absolute Gasteiger partial charge is 0.326 e. The summed E-state index contributed by atoms with van der Waals surface area (Å²) < 4.78 is 0. The molecule has 1 fully saturated rings. The monoisotopic (exact) mass is 245 g/mol. The molecule has 1 aliphatic rings. The maximum Gasteiger partial charge on any atom is 0.326 e. The minimum Gasteiger partial charge on any atom is -0.480 e. The molecule has 4 heteroatoms. The van der Waals surface area contributed by atoms with Crippen molar-refractivity contribution in [2.45, 2.75) is 18.9 Å². The molecule has 0 radical (unpaired) electrons. The van der Waals surface area contributed by atoms with E-state index >= 15 is 0 Å². The topological polar surface area (TPSA) is 57.6 Å². The highest BCUT2D eigenvalue weighted by molar-refractivity contribution is 5.87. The first-order valence-corrected chi connectivity index (χ1v) is 5.92. The molecule has 0 spiro atoms. The van der Waals surface area contributed by atoms with Crippen molar-refractivity contribution in [3.63, 3.8) is 0 Å². The van der Waals surface area contributed by atoms with Gasteiger partial charge < -0.3 is 10.0 Å². The number of carboxylic acids is 1. The number of carboxylic acid groups (broad SMARTS) is 1. The summed E-state index contributed by atoms with van der Waals surface area (Å²) in [5.74, 6) is -1.01. The normalized spacial score (nSPS) is 19.7. The lowest BCUT2D eigenvalue weighted by Crippen LogP contribution is -2.38. The number of rotatable bonds is 4. The van der Waals surface area contributed by atoms with Gasteiger partial charge >= 0.3 is 5.97 Å². The first-order chi connectivity index (χ1) is 8.68. The third-order valence-electron chi connectivity index (χ3n) is 3.03. The van der Waals surface area contributed by atoms with Crippen LogP contribution in [0.1, 0.15) is 18.4 Å². The van der Waals surface area contributed by atoms with Crippen LogP contribution in [-0.2, 0) is 9.59 Å². The highest BCUT2D eigenvalue weighted by atomic mass is 16.4. The Hall–Kier alpha value is -2.10. The number of aliphatic carboxylic acids is 1. The van der Waals surface area contributed by atoms with E-state index in [9.17, 15) is 9.59 Å². The molecule has 0 aromatic heterocycles. The first-order valence-electron chi connectivity index (χ1n) is 5.92. The largest absolute Gasteiger partial charge is 0.480 e. The van der Waals surface area contributed by atoms with Gasteiger partial charge in [-0.2, -0.15) is 0 Å². The van der Waals surface area contributed by atoms with Gasteiger partial charge in [0, 0.05) is 13.0 Å². The number of hydrogen-bond acceptors (Lipinski definition) is 2. The van der Waals surface area contributed by atoms with Crippen LogP contribution in [0.15, 0.2) is 36.4 Å². The number of nitrogens with zero attached hydrogens (tertiary/aromatic N) is 1. The molecule has 1 N–H and O–H groups in total. The second-order valence-electron chi connectivity index (χ2n) is 4.25. The quantitative estimate of drug-likeness (QED) is 0.879. The summed E-state index contributed by atoms with van der Waals surface area (Å²) in [7, 11) is 0. The fourth-order valence-corrected chi connectivity index (χ4v) is 2.09. The van der Waals surface area contributed by atoms with Crippen molar-refractivity contribution in [3.8, 4) is 0 Å². The Labute approximate surface area is 106 Å². The van der Waals surface area contributed by atoms with E-state index in [2.05, 4.69) is 0 Å². The van der Waals surface area contributed by atoms with Gasteiger partial charge in [-0.1, -0.05) is 42.5 Å². The summed E-state index contributed by atoms with van der Waals surface area (Å²) in [5, 5.41) is 9.00. The van der Waals surface area contributed by atoms with Gasteiger partial charge in [-0.05, 0) is 12.0 Å². The minimum absolute atomic E-state index is 0.0832. The molecule has 1 unspecified atom stereocenters. The van der Waals surface area contributed by atoms with Crippen molar-refractivity contribution < 1.29 is 14.7 Å². The molecule has 0 saturated carbocycles. The molecule has 1 aliphatic heterocycles. The SMILES string of the molecule is O=C(O)C1CCC(=O)N1CC=Cc1ccccc1. The number of carbonyl (C=O) groups is 2. The van der Waals surface area contributed by atoms with Crippen LogP contribution in [0.2, 0.25) is 0 Å². The van der Waals surface area contributed by atoms with E-state index in [1.54, 1.807) is 0 Å². The maximum absolute atomic E-state index is 11.6. The third-order valence-corrected chi connectivity index (χ3v) is 3.03. The van der Waals surface area contributed by atoms with E-state index in [1.807, 2.05) is 42.5 Å². The second kappa shape index (κ2) is 5.49. The van der Waals surface area contributed by atoms with Gasteiger partial charge in [-0.3, -0.25) is 4.79 Å². The predicted octanol–water partition coefficient (Wildman–Crippen LogP) is 1.78. The van der Waals surface area contributed by atoms with Gasteiger partial charge in [0.2, 0.25) is 5.91 Å². The number of carbonyl (C=O) groups excluding carboxylic acids is 1. The van der Waals surface area contributed by atoms with E-state index in [0.717, 1.165) is 5.56 Å². The summed E-state index contributed by atoms with van der Waals surface area (Å²) in [5.41, 5.74) is 1.04. The third kappa shape index (κ3) is 2.77. The highest BCUT2D eigenvalue weighted by Crippen LogP contribution is 2.18. The molecule has 1 aromatic rings. The highest BCUT2D eigenvalue weighted by Gasteiger charge is 2.34. The van der Waals surface area contributed by atoms with Gasteiger partial charge in [0.1, 0.15) is 6.04 Å². The van der Waals surface area contributed by atoms with E-state index in [0.29, 0.717) is 19.4 Å². The lowest BCUT2D eigenvalue weighted by molar-refractivity contribution is -0.145. The fourth-order valence-electron chi connectivity index (χ4n) is 2.09. The van der Waals surface area contributed by atoms with E-state index in [-0.39, 0.29) is 5.91 Å². The van der Waals surface area contributed by atoms with Crippen molar-refractivity contribution in [2.24, 2.45) is 0 Å². The molecule has 1 amide bonds. The van der Waals surface area contributed by atoms with Crippen LogP contribution >= 0.6 is 0 Å². The molecular formula is C14H15NO3. The van der Waals surface area contributed by atoms with Gasteiger partial charge in [-0.15, -0.1) is 0 Å². The lowest BCUT2D eigenvalue weighted by Gasteiger charge is -2.19. The van der Waals surface area contributed by atoms with Gasteiger partial charge in [0.05, 0.1) is 0 Å². The van der Waals surface area contributed by atoms with Crippen molar-refractivity contribution in [2.75, 3.05) is 6.54 Å². The average molecular weight is 245 g/mol. The Morgan fingerprint density at radius 3 is 2.78 bits per heavy atom. The standard InChI is InChI=1S/C14H15NO3/c16-13-9-8-12(14(17)18)15(13)10-4-7-11-5-2-1-3-6-11/h1-7,12H,8-10H2,(H,17,18). The average Bonchev–Trinajstić information content (AvgIpc) is 2.73. The van der Waals surface area contributed by atoms with Crippen LogP contribution in [0.4, 0.5) is 0 Å². The van der Waals surface area contributed by atoms with Crippen molar-refractivity contribution in [1.82, 2.24) is 4.90 Å². The Bertz CT molecular complexity index is 467. The molecular weight excluding hydrogens is 230 g/mol. The van der Waals surface area contributed by atoms with Gasteiger partial charge in [-0.25, -0.2) is 4.79 Å². The number of hydrogen-bond donors (Lipinski definition) is 1. The summed E-state index contributed by atoms with van der Waals surface area (Å²) in [6, 6.07) is 9.04. The molecule has 0 aliphatic carbocycles. The Kier molecular flexibility index (Phi) is 3.77. The summed E-state index contributed by atoms with van der Waals surface area (Å²) in [6.07, 6.45) is 4.46. The van der Waals surface area contributed by atoms with Crippen LogP contribution in [0, 0.1) is 0 Å². The maximum atomic E-state index is 11.6. The van der Waals surface area contributed by atoms with Crippen LogP contribution in [0.25, 0.3) is 6.08 Å². The Balaban J connectivity index is 1.98. The summed E-state index contributed by atoms with van der Waals surface area (Å²) >= 11 is 0. The zero-order chi connectivity index (χ0) is 13.0. The zero-order valence-electron chi connectivity index (χ0n) is 9.95. The summed E-state index contributed by atoms with van der Waals surface area (Å²) in [4.78, 5) is 24.0. The van der Waals surface area contributed by atoms with Crippen LogP contribution < -0.4 is 0 Å². The number of benzene rings is 1. The van der Waals surface area contributed by atoms with E-state index in [1.165, 1.54) is 4.90 Å². The van der Waals surface area contributed by atoms with Crippen LogP contribution in [0.5, 0.6) is 0 Å². The van der Waals surface area contributed by atoms with Crippen LogP contribution in [0.3, 0.4) is 0 Å². The number of amides is 1. The lowest BCUT2D eigenvalue weighted by atomic mass is 10.2. The fraction of sp³-hybridized carbons (Fsp3) is 0.286. The first kappa shape index (κ1) is 12.4. The van der Waals surface area contributed by atoms with Crippen molar-refractivity contribution in [3.05, 3.63) is 42.0 Å². The van der Waals surface area contributed by atoms with Crippen LogP contribution in [-0.4, -0.2) is 34.5 Å². The van der Waals surface area contributed by atoms with E-state index < -0.39 is 12.0 Å². The molecule has 1 aromatic carbocycles. The number of likely N-dealkylation sites (tertiary alicyclic amines) is 1. The molecule has 1 heterocycles. The molecule has 18 heavy (non-hydrogen) atoms. The van der Waals surface area contributed by atoms with Crippen molar-refractivity contribution >= 4 is 18.0 Å². The van der Waals surface area contributed by atoms with E-state index in [4.69, 9.17) is 5.11 Å². The Morgan fingerprint density at radius 2 is 2.11 bits per heavy atom. The molecule has 1 saturated heterocycles. The van der Waals surface area contributed by atoms with Gasteiger partial charge in [0.25, 0.3) is 0 Å². The molecule has 94 valence electrons. The molecule has 0 bridgehead atoms. The minimum atomic E-state index is -0.922. The predicted molar refractivity (Wildman–Crippen MR) is 67.8 cm³/mol. The Morgan fingerprint density at radius 1 is 1.39 bits per heavy atom. The second-order valence-corrected chi connectivity index (χ2v) is 4.25. The summed E-state index contributed by atoms with van der Waals surface area (Å²) in [6.45, 7) is 0.352.